The molecule has 0 saturated carbocycles. The molecule has 0 atom stereocenters. The Balaban J connectivity index is 1.75. The third-order valence-electron chi connectivity index (χ3n) is 4.34. The first-order valence-electron chi connectivity index (χ1n) is 9.30. The van der Waals surface area contributed by atoms with Crippen molar-refractivity contribution in [2.75, 3.05) is 19.0 Å². The van der Waals surface area contributed by atoms with Crippen molar-refractivity contribution in [3.8, 4) is 0 Å². The second-order valence-corrected chi connectivity index (χ2v) is 9.81. The van der Waals surface area contributed by atoms with Gasteiger partial charge in [0.15, 0.2) is 5.13 Å². The number of carbonyl (C=O) groups excluding carboxylic acids is 2. The van der Waals surface area contributed by atoms with Gasteiger partial charge in [0, 0.05) is 26.4 Å². The third-order valence-corrected chi connectivity index (χ3v) is 7.02. The lowest BCUT2D eigenvalue weighted by Gasteiger charge is -2.18. The number of nitrogens with zero attached hydrogens (tertiary/aromatic N) is 3. The first-order chi connectivity index (χ1) is 15.1. The maximum absolute atomic E-state index is 14.2. The van der Waals surface area contributed by atoms with Crippen LogP contribution in [0, 0.1) is 5.82 Å². The van der Waals surface area contributed by atoms with E-state index in [0.717, 1.165) is 20.5 Å². The SMILES string of the molecule is CC(=O)N(c1nc(COC(=O)c2cccc(S(=O)(=O)N(C)C)c2)cs1)c1ccccc1F. The molecule has 0 radical (unpaired) electrons. The normalized spacial score (nSPS) is 11.4. The summed E-state index contributed by atoms with van der Waals surface area (Å²) in [5.41, 5.74) is 0.495. The van der Waals surface area contributed by atoms with Crippen molar-refractivity contribution >= 4 is 44.1 Å². The molecule has 0 aliphatic carbocycles. The van der Waals surface area contributed by atoms with E-state index in [0.29, 0.717) is 5.69 Å². The number of amides is 1. The van der Waals surface area contributed by atoms with Crippen LogP contribution in [-0.2, 0) is 26.2 Å². The molecular weight excluding hydrogens is 457 g/mol. The van der Waals surface area contributed by atoms with Crippen LogP contribution in [-0.4, -0.2) is 43.7 Å². The maximum atomic E-state index is 14.2. The fraction of sp³-hybridized carbons (Fsp3) is 0.190. The minimum atomic E-state index is -3.70. The molecule has 1 aromatic heterocycles. The Morgan fingerprint density at radius 2 is 1.84 bits per heavy atom. The zero-order chi connectivity index (χ0) is 23.5. The van der Waals surface area contributed by atoms with E-state index < -0.39 is 27.7 Å². The Labute approximate surface area is 188 Å². The molecule has 0 saturated heterocycles. The number of hydrogen-bond acceptors (Lipinski definition) is 7. The Kier molecular flexibility index (Phi) is 7.02. The molecule has 3 rings (SSSR count). The summed E-state index contributed by atoms with van der Waals surface area (Å²) in [7, 11) is -0.908. The van der Waals surface area contributed by atoms with Crippen molar-refractivity contribution in [3.63, 3.8) is 0 Å². The molecular formula is C21H20FN3O5S2. The van der Waals surface area contributed by atoms with Gasteiger partial charge in [0.1, 0.15) is 12.4 Å². The summed E-state index contributed by atoms with van der Waals surface area (Å²) in [4.78, 5) is 29.9. The van der Waals surface area contributed by atoms with Crippen molar-refractivity contribution in [1.29, 1.82) is 0 Å². The lowest BCUT2D eigenvalue weighted by molar-refractivity contribution is -0.115. The molecule has 1 amide bonds. The van der Waals surface area contributed by atoms with Crippen molar-refractivity contribution in [1.82, 2.24) is 9.29 Å². The molecule has 0 unspecified atom stereocenters. The number of sulfonamides is 1. The molecule has 32 heavy (non-hydrogen) atoms. The smallest absolute Gasteiger partial charge is 0.338 e. The van der Waals surface area contributed by atoms with E-state index in [1.165, 1.54) is 63.5 Å². The van der Waals surface area contributed by atoms with E-state index in [4.69, 9.17) is 4.74 Å². The molecule has 0 fully saturated rings. The number of thiazole rings is 1. The van der Waals surface area contributed by atoms with Gasteiger partial charge in [0.2, 0.25) is 15.9 Å². The average Bonchev–Trinajstić information content (AvgIpc) is 3.21. The van der Waals surface area contributed by atoms with Gasteiger partial charge in [-0.25, -0.2) is 26.9 Å². The Morgan fingerprint density at radius 3 is 2.50 bits per heavy atom. The number of esters is 1. The Hall–Kier alpha value is -3.15. The van der Waals surface area contributed by atoms with Gasteiger partial charge in [0.05, 0.1) is 21.8 Å². The molecule has 0 aliphatic rings. The fourth-order valence-electron chi connectivity index (χ4n) is 2.72. The highest BCUT2D eigenvalue weighted by Gasteiger charge is 2.22. The van der Waals surface area contributed by atoms with Gasteiger partial charge in [-0.1, -0.05) is 18.2 Å². The second-order valence-electron chi connectivity index (χ2n) is 6.82. The van der Waals surface area contributed by atoms with Crippen molar-refractivity contribution < 1.29 is 27.1 Å². The first-order valence-corrected chi connectivity index (χ1v) is 11.6. The highest BCUT2D eigenvalue weighted by molar-refractivity contribution is 7.89. The van der Waals surface area contributed by atoms with E-state index in [1.54, 1.807) is 11.4 Å². The monoisotopic (exact) mass is 477 g/mol. The molecule has 0 aliphatic heterocycles. The summed E-state index contributed by atoms with van der Waals surface area (Å²) < 4.78 is 45.0. The predicted molar refractivity (Wildman–Crippen MR) is 118 cm³/mol. The van der Waals surface area contributed by atoms with Gasteiger partial charge in [0.25, 0.3) is 0 Å². The molecule has 11 heteroatoms. The Morgan fingerprint density at radius 1 is 1.12 bits per heavy atom. The largest absolute Gasteiger partial charge is 0.456 e. The van der Waals surface area contributed by atoms with Crippen LogP contribution in [0.25, 0.3) is 0 Å². The van der Waals surface area contributed by atoms with Crippen LogP contribution in [0.3, 0.4) is 0 Å². The highest BCUT2D eigenvalue weighted by atomic mass is 32.2. The van der Waals surface area contributed by atoms with Crippen LogP contribution >= 0.6 is 11.3 Å². The first kappa shape index (κ1) is 23.5. The number of aromatic nitrogens is 1. The summed E-state index contributed by atoms with van der Waals surface area (Å²) in [6.07, 6.45) is 0. The van der Waals surface area contributed by atoms with Crippen LogP contribution < -0.4 is 4.90 Å². The summed E-state index contributed by atoms with van der Waals surface area (Å²) in [5, 5.41) is 1.82. The maximum Gasteiger partial charge on any atom is 0.338 e. The summed E-state index contributed by atoms with van der Waals surface area (Å²) >= 11 is 1.10. The van der Waals surface area contributed by atoms with Crippen LogP contribution in [0.5, 0.6) is 0 Å². The summed E-state index contributed by atoms with van der Waals surface area (Å²) in [6.45, 7) is 1.09. The number of benzene rings is 2. The van der Waals surface area contributed by atoms with Crippen molar-refractivity contribution in [2.24, 2.45) is 0 Å². The van der Waals surface area contributed by atoms with E-state index in [9.17, 15) is 22.4 Å². The standard InChI is InChI=1S/C21H20FN3O5S2/c1-14(26)25(19-10-5-4-9-18(19)22)21-23-16(13-31-21)12-30-20(27)15-7-6-8-17(11-15)32(28,29)24(2)3/h4-11,13H,12H2,1-3H3. The van der Waals surface area contributed by atoms with E-state index in [2.05, 4.69) is 4.98 Å². The molecule has 0 N–H and O–H groups in total. The van der Waals surface area contributed by atoms with Gasteiger partial charge in [-0.05, 0) is 30.3 Å². The lowest BCUT2D eigenvalue weighted by Crippen LogP contribution is -2.23. The minimum absolute atomic E-state index is 0.0325. The molecule has 8 nitrogen and oxygen atoms in total. The zero-order valence-corrected chi connectivity index (χ0v) is 19.1. The molecule has 168 valence electrons. The number of ether oxygens (including phenoxy) is 1. The van der Waals surface area contributed by atoms with Crippen LogP contribution in [0.1, 0.15) is 23.0 Å². The molecule has 3 aromatic rings. The van der Waals surface area contributed by atoms with Crippen LogP contribution in [0.15, 0.2) is 58.8 Å². The van der Waals surface area contributed by atoms with Crippen LogP contribution in [0.4, 0.5) is 15.2 Å². The van der Waals surface area contributed by atoms with E-state index in [-0.39, 0.29) is 27.9 Å². The van der Waals surface area contributed by atoms with E-state index >= 15 is 0 Å². The van der Waals surface area contributed by atoms with Crippen molar-refractivity contribution in [3.05, 3.63) is 71.0 Å². The number of para-hydroxylation sites is 1. The molecule has 1 heterocycles. The number of rotatable bonds is 7. The summed E-state index contributed by atoms with van der Waals surface area (Å²) in [5.74, 6) is -1.72. The highest BCUT2D eigenvalue weighted by Crippen LogP contribution is 2.31. The number of hydrogen-bond donors (Lipinski definition) is 0. The van der Waals surface area contributed by atoms with Gasteiger partial charge >= 0.3 is 5.97 Å². The van der Waals surface area contributed by atoms with Crippen LogP contribution in [0.2, 0.25) is 0 Å². The second kappa shape index (κ2) is 9.55. The minimum Gasteiger partial charge on any atom is -0.456 e. The number of halogens is 1. The topological polar surface area (TPSA) is 96.9 Å². The van der Waals surface area contributed by atoms with Gasteiger partial charge in [-0.15, -0.1) is 11.3 Å². The van der Waals surface area contributed by atoms with Gasteiger partial charge in [-0.2, -0.15) is 0 Å². The molecule has 2 aromatic carbocycles. The molecule has 0 spiro atoms. The lowest BCUT2D eigenvalue weighted by atomic mass is 10.2. The molecule has 0 bridgehead atoms. The quantitative estimate of drug-likeness (QED) is 0.483. The van der Waals surface area contributed by atoms with Gasteiger partial charge in [-0.3, -0.25) is 9.69 Å². The zero-order valence-electron chi connectivity index (χ0n) is 17.5. The van der Waals surface area contributed by atoms with Crippen molar-refractivity contribution in [2.45, 2.75) is 18.4 Å². The number of anilines is 2. The fourth-order valence-corrected chi connectivity index (χ4v) is 4.54. The average molecular weight is 478 g/mol. The third kappa shape index (κ3) is 5.01. The summed E-state index contributed by atoms with van der Waals surface area (Å²) in [6, 6.07) is 11.3. The predicted octanol–water partition coefficient (Wildman–Crippen LogP) is 3.57. The van der Waals surface area contributed by atoms with E-state index in [1.807, 2.05) is 0 Å². The Bertz CT molecular complexity index is 1260. The number of carbonyl (C=O) groups is 2. The van der Waals surface area contributed by atoms with Gasteiger partial charge < -0.3 is 4.74 Å².